The fraction of sp³-hybridized carbons (Fsp3) is 0.375. The third kappa shape index (κ3) is 4.19. The third-order valence-corrected chi connectivity index (χ3v) is 4.05. The van der Waals surface area contributed by atoms with Gasteiger partial charge in [0.15, 0.2) is 0 Å². The molecule has 3 rings (SSSR count). The van der Waals surface area contributed by atoms with E-state index >= 15 is 0 Å². The lowest BCUT2D eigenvalue weighted by Crippen LogP contribution is -2.45. The topological polar surface area (TPSA) is 83.0 Å². The zero-order chi connectivity index (χ0) is 18.6. The molecule has 26 heavy (non-hydrogen) atoms. The Bertz CT molecular complexity index is 755. The van der Waals surface area contributed by atoms with Gasteiger partial charge < -0.3 is 4.90 Å². The maximum atomic E-state index is 13.2. The van der Waals surface area contributed by atoms with Gasteiger partial charge in [0.1, 0.15) is 5.82 Å². The Morgan fingerprint density at radius 2 is 1.88 bits per heavy atom. The molecular weight excluding hydrogens is 349 g/mol. The van der Waals surface area contributed by atoms with Gasteiger partial charge in [-0.25, -0.2) is 15.0 Å². The van der Waals surface area contributed by atoms with Crippen molar-refractivity contribution in [1.29, 1.82) is 0 Å². The number of pyridine rings is 1. The van der Waals surface area contributed by atoms with Crippen molar-refractivity contribution in [2.75, 3.05) is 23.4 Å². The van der Waals surface area contributed by atoms with Gasteiger partial charge in [-0.2, -0.15) is 13.2 Å². The van der Waals surface area contributed by atoms with Crippen LogP contribution in [0.5, 0.6) is 0 Å². The van der Waals surface area contributed by atoms with Gasteiger partial charge >= 0.3 is 6.18 Å². The van der Waals surface area contributed by atoms with E-state index in [0.717, 1.165) is 6.07 Å². The van der Waals surface area contributed by atoms with Crippen LogP contribution in [0.3, 0.4) is 0 Å². The van der Waals surface area contributed by atoms with Crippen LogP contribution in [-0.2, 0) is 11.0 Å². The Balaban J connectivity index is 1.67. The first-order chi connectivity index (χ1) is 12.4. The van der Waals surface area contributed by atoms with Gasteiger partial charge in [-0.1, -0.05) is 0 Å². The van der Waals surface area contributed by atoms with Gasteiger partial charge in [0.25, 0.3) is 0 Å². The number of aromatic nitrogens is 3. The number of carbonyl (C=O) groups is 1. The highest BCUT2D eigenvalue weighted by molar-refractivity contribution is 5.80. The number of nitrogens with zero attached hydrogens (tertiary/aromatic N) is 4. The first-order valence-corrected chi connectivity index (χ1v) is 8.05. The van der Waals surface area contributed by atoms with Crippen molar-refractivity contribution in [2.45, 2.75) is 19.0 Å². The molecule has 1 amide bonds. The van der Waals surface area contributed by atoms with Crippen molar-refractivity contribution in [2.24, 2.45) is 5.92 Å². The summed E-state index contributed by atoms with van der Waals surface area (Å²) in [4.78, 5) is 25.6. The summed E-state index contributed by atoms with van der Waals surface area (Å²) in [5.74, 6) is -0.704. The monoisotopic (exact) mass is 366 g/mol. The molecule has 0 radical (unpaired) electrons. The average Bonchev–Trinajstić information content (AvgIpc) is 2.66. The van der Waals surface area contributed by atoms with E-state index < -0.39 is 17.7 Å². The van der Waals surface area contributed by atoms with Crippen molar-refractivity contribution in [1.82, 2.24) is 20.4 Å². The summed E-state index contributed by atoms with van der Waals surface area (Å²) in [6, 6.07) is 3.89. The van der Waals surface area contributed by atoms with Crippen LogP contribution in [0.1, 0.15) is 18.4 Å². The summed E-state index contributed by atoms with van der Waals surface area (Å²) in [6.07, 6.45) is 1.03. The quantitative estimate of drug-likeness (QED) is 0.808. The van der Waals surface area contributed by atoms with Gasteiger partial charge in [-0.3, -0.25) is 15.6 Å². The van der Waals surface area contributed by atoms with E-state index in [1.54, 1.807) is 6.07 Å². The highest BCUT2D eigenvalue weighted by atomic mass is 19.4. The minimum absolute atomic E-state index is 0.142. The molecule has 2 aromatic heterocycles. The van der Waals surface area contributed by atoms with Gasteiger partial charge in [-0.15, -0.1) is 0 Å². The van der Waals surface area contributed by atoms with Crippen LogP contribution in [0.15, 0.2) is 36.8 Å². The fourth-order valence-electron chi connectivity index (χ4n) is 2.84. The zero-order valence-electron chi connectivity index (χ0n) is 13.7. The van der Waals surface area contributed by atoms with Crippen molar-refractivity contribution in [3.63, 3.8) is 0 Å². The molecule has 1 unspecified atom stereocenters. The van der Waals surface area contributed by atoms with E-state index in [0.29, 0.717) is 19.4 Å². The lowest BCUT2D eigenvalue weighted by molar-refractivity contribution is -0.137. The molecule has 3 heterocycles. The van der Waals surface area contributed by atoms with E-state index in [9.17, 15) is 18.0 Å². The number of nitrogens with one attached hydrogen (secondary N) is 2. The average molecular weight is 366 g/mol. The van der Waals surface area contributed by atoms with Crippen LogP contribution in [0, 0.1) is 5.92 Å². The molecule has 1 saturated heterocycles. The third-order valence-electron chi connectivity index (χ3n) is 4.05. The Morgan fingerprint density at radius 3 is 2.62 bits per heavy atom. The minimum Gasteiger partial charge on any atom is -0.355 e. The number of piperidine rings is 1. The van der Waals surface area contributed by atoms with E-state index in [4.69, 9.17) is 0 Å². The molecule has 1 atom stereocenters. The van der Waals surface area contributed by atoms with Crippen LogP contribution in [-0.4, -0.2) is 33.9 Å². The minimum atomic E-state index is -4.50. The Morgan fingerprint density at radius 1 is 1.15 bits per heavy atom. The second-order valence-corrected chi connectivity index (χ2v) is 5.84. The van der Waals surface area contributed by atoms with Crippen LogP contribution in [0.2, 0.25) is 0 Å². The van der Waals surface area contributed by atoms with Crippen LogP contribution in [0.25, 0.3) is 0 Å². The van der Waals surface area contributed by atoms with Crippen molar-refractivity contribution in [3.05, 3.63) is 42.4 Å². The maximum absolute atomic E-state index is 13.2. The van der Waals surface area contributed by atoms with E-state index in [2.05, 4.69) is 25.8 Å². The number of hydrogen-bond acceptors (Lipinski definition) is 6. The van der Waals surface area contributed by atoms with E-state index in [1.807, 2.05) is 0 Å². The Labute approximate surface area is 147 Å². The highest BCUT2D eigenvalue weighted by Gasteiger charge is 2.37. The molecule has 0 saturated carbocycles. The number of amides is 1. The number of rotatable bonds is 4. The number of hydrogen-bond donors (Lipinski definition) is 2. The number of anilines is 2. The van der Waals surface area contributed by atoms with Crippen molar-refractivity contribution in [3.8, 4) is 0 Å². The first-order valence-electron chi connectivity index (χ1n) is 8.05. The second-order valence-electron chi connectivity index (χ2n) is 5.84. The number of alkyl halides is 3. The molecule has 0 bridgehead atoms. The fourth-order valence-corrected chi connectivity index (χ4v) is 2.84. The highest BCUT2D eigenvalue weighted by Crippen LogP contribution is 2.36. The number of hydrazine groups is 1. The predicted octanol–water partition coefficient (Wildman–Crippen LogP) is 2.25. The number of halogens is 3. The summed E-state index contributed by atoms with van der Waals surface area (Å²) >= 11 is 0. The van der Waals surface area contributed by atoms with Crippen molar-refractivity contribution >= 4 is 17.7 Å². The standard InChI is InChI=1S/C16H17F3N6O/c17-16(18,19)12-5-1-6-20-13(12)25-9-2-4-11(10-25)14(26)23-24-15-21-7-3-8-22-15/h1,3,5-8,11H,2,4,9-10H2,(H,23,26)(H,21,22,24). The van der Waals surface area contributed by atoms with Gasteiger partial charge in [0, 0.05) is 31.7 Å². The van der Waals surface area contributed by atoms with Crippen LogP contribution < -0.4 is 15.8 Å². The molecule has 0 aromatic carbocycles. The lowest BCUT2D eigenvalue weighted by Gasteiger charge is -2.34. The predicted molar refractivity (Wildman–Crippen MR) is 88.0 cm³/mol. The van der Waals surface area contributed by atoms with E-state index in [1.165, 1.54) is 29.6 Å². The lowest BCUT2D eigenvalue weighted by atomic mass is 9.97. The molecule has 2 N–H and O–H groups in total. The molecule has 10 heteroatoms. The van der Waals surface area contributed by atoms with Crippen LogP contribution in [0.4, 0.5) is 24.9 Å². The van der Waals surface area contributed by atoms with Gasteiger partial charge in [-0.05, 0) is 31.0 Å². The molecule has 0 spiro atoms. The summed E-state index contributed by atoms with van der Waals surface area (Å²) in [7, 11) is 0. The molecule has 1 aliphatic heterocycles. The molecule has 1 aliphatic rings. The maximum Gasteiger partial charge on any atom is 0.419 e. The van der Waals surface area contributed by atoms with E-state index in [-0.39, 0.29) is 24.2 Å². The molecule has 2 aromatic rings. The van der Waals surface area contributed by atoms with Crippen molar-refractivity contribution < 1.29 is 18.0 Å². The smallest absolute Gasteiger partial charge is 0.355 e. The molecule has 0 aliphatic carbocycles. The Hall–Kier alpha value is -2.91. The SMILES string of the molecule is O=C(NNc1ncccn1)C1CCCN(c2ncccc2C(F)(F)F)C1. The zero-order valence-corrected chi connectivity index (χ0v) is 13.7. The first kappa shape index (κ1) is 17.9. The number of carbonyl (C=O) groups excluding carboxylic acids is 1. The van der Waals surface area contributed by atoms with Gasteiger partial charge in [0.2, 0.25) is 11.9 Å². The molecular formula is C16H17F3N6O. The summed E-state index contributed by atoms with van der Waals surface area (Å²) in [6.45, 7) is 0.572. The second kappa shape index (κ2) is 7.54. The normalized spacial score (nSPS) is 17.7. The molecule has 1 fully saturated rings. The summed E-state index contributed by atoms with van der Waals surface area (Å²) < 4.78 is 39.6. The molecule has 7 nitrogen and oxygen atoms in total. The largest absolute Gasteiger partial charge is 0.419 e. The van der Waals surface area contributed by atoms with Crippen LogP contribution >= 0.6 is 0 Å². The summed E-state index contributed by atoms with van der Waals surface area (Å²) in [5.41, 5.74) is 4.30. The van der Waals surface area contributed by atoms with Gasteiger partial charge in [0.05, 0.1) is 11.5 Å². The summed E-state index contributed by atoms with van der Waals surface area (Å²) in [5, 5.41) is 0. The Kier molecular flexibility index (Phi) is 5.19. The molecule has 138 valence electrons.